The van der Waals surface area contributed by atoms with Gasteiger partial charge in [0.2, 0.25) is 0 Å². The van der Waals surface area contributed by atoms with E-state index >= 15 is 0 Å². The second-order valence-electron chi connectivity index (χ2n) is 4.44. The van der Waals surface area contributed by atoms with Crippen LogP contribution >= 0.6 is 0 Å². The van der Waals surface area contributed by atoms with Crippen LogP contribution in [0.1, 0.15) is 40.0 Å². The fraction of sp³-hybridized carbons (Fsp3) is 0.308. The molecule has 0 radical (unpaired) electrons. The average molecular weight is 275 g/mol. The van der Waals surface area contributed by atoms with Crippen LogP contribution < -0.4 is 10.9 Å². The number of amides is 2. The summed E-state index contributed by atoms with van der Waals surface area (Å²) in [7, 11) is 1.75. The summed E-state index contributed by atoms with van der Waals surface area (Å²) in [5.74, 6) is -0.832. The van der Waals surface area contributed by atoms with E-state index in [1.165, 1.54) is 0 Å². The molecule has 0 unspecified atom stereocenters. The molecule has 7 heteroatoms. The molecule has 3 N–H and O–H groups in total. The highest BCUT2D eigenvalue weighted by Crippen LogP contribution is 2.02. The Morgan fingerprint density at radius 3 is 2.75 bits per heavy atom. The zero-order chi connectivity index (χ0) is 14.5. The minimum absolute atomic E-state index is 0.251. The molecule has 0 aliphatic rings. The van der Waals surface area contributed by atoms with Crippen molar-refractivity contribution >= 4 is 11.8 Å². The van der Waals surface area contributed by atoms with Gasteiger partial charge in [-0.05, 0) is 24.6 Å². The number of nitrogens with zero attached hydrogens (tertiary/aromatic N) is 2. The van der Waals surface area contributed by atoms with E-state index in [1.807, 2.05) is 6.92 Å². The molecule has 0 aromatic carbocycles. The lowest BCUT2D eigenvalue weighted by molar-refractivity contribution is 0.0839. The zero-order valence-electron chi connectivity index (χ0n) is 11.4. The fourth-order valence-corrected chi connectivity index (χ4v) is 1.81. The predicted molar refractivity (Wildman–Crippen MR) is 72.9 cm³/mol. The van der Waals surface area contributed by atoms with E-state index in [1.54, 1.807) is 36.0 Å². The van der Waals surface area contributed by atoms with Crippen molar-refractivity contribution in [2.24, 2.45) is 7.05 Å². The van der Waals surface area contributed by atoms with Gasteiger partial charge in [-0.3, -0.25) is 25.5 Å². The van der Waals surface area contributed by atoms with Gasteiger partial charge in [-0.1, -0.05) is 13.3 Å². The van der Waals surface area contributed by atoms with Crippen LogP contribution in [0.4, 0.5) is 0 Å². The van der Waals surface area contributed by atoms with Crippen molar-refractivity contribution in [3.05, 3.63) is 41.5 Å². The molecule has 0 spiro atoms. The number of aromatic nitrogens is 3. The molecule has 2 rings (SSSR count). The Kier molecular flexibility index (Phi) is 4.19. The van der Waals surface area contributed by atoms with E-state index in [0.717, 1.165) is 18.5 Å². The van der Waals surface area contributed by atoms with Crippen molar-refractivity contribution in [2.75, 3.05) is 0 Å². The minimum Gasteiger partial charge on any atom is -0.347 e. The first-order chi connectivity index (χ1) is 9.61. The minimum atomic E-state index is -0.453. The number of rotatable bonds is 4. The van der Waals surface area contributed by atoms with Gasteiger partial charge >= 0.3 is 0 Å². The van der Waals surface area contributed by atoms with E-state index in [-0.39, 0.29) is 11.6 Å². The number of aromatic amines is 1. The third kappa shape index (κ3) is 3.05. The van der Waals surface area contributed by atoms with Gasteiger partial charge in [0.15, 0.2) is 5.69 Å². The fourth-order valence-electron chi connectivity index (χ4n) is 1.81. The maximum atomic E-state index is 11.8. The van der Waals surface area contributed by atoms with Crippen molar-refractivity contribution < 1.29 is 9.59 Å². The van der Waals surface area contributed by atoms with Crippen LogP contribution in [-0.2, 0) is 13.5 Å². The van der Waals surface area contributed by atoms with Crippen molar-refractivity contribution in [3.8, 4) is 0 Å². The first-order valence-electron chi connectivity index (χ1n) is 6.38. The summed E-state index contributed by atoms with van der Waals surface area (Å²) in [6, 6.07) is 5.09. The maximum absolute atomic E-state index is 11.8. The Labute approximate surface area is 116 Å². The molecular weight excluding hydrogens is 258 g/mol. The van der Waals surface area contributed by atoms with Crippen LogP contribution in [-0.4, -0.2) is 26.6 Å². The zero-order valence-corrected chi connectivity index (χ0v) is 11.4. The number of carbonyl (C=O) groups is 2. The SMILES string of the molecule is CCCc1cc(C(=O)NNC(=O)c2cccn2C)n[nH]1. The van der Waals surface area contributed by atoms with Gasteiger partial charge in [0.1, 0.15) is 5.69 Å². The summed E-state index contributed by atoms with van der Waals surface area (Å²) in [4.78, 5) is 23.6. The number of hydrogen-bond acceptors (Lipinski definition) is 3. The number of H-pyrrole nitrogens is 1. The quantitative estimate of drug-likeness (QED) is 0.720. The Morgan fingerprint density at radius 2 is 2.10 bits per heavy atom. The molecule has 2 amide bonds. The molecule has 0 atom stereocenters. The van der Waals surface area contributed by atoms with Crippen LogP contribution in [0.3, 0.4) is 0 Å². The third-order valence-corrected chi connectivity index (χ3v) is 2.85. The number of aryl methyl sites for hydroxylation is 2. The van der Waals surface area contributed by atoms with E-state index < -0.39 is 5.91 Å². The number of hydrogen-bond donors (Lipinski definition) is 3. The van der Waals surface area contributed by atoms with E-state index in [2.05, 4.69) is 21.0 Å². The maximum Gasteiger partial charge on any atom is 0.290 e. The van der Waals surface area contributed by atoms with Gasteiger partial charge in [-0.2, -0.15) is 5.10 Å². The molecule has 2 heterocycles. The van der Waals surface area contributed by atoms with Crippen LogP contribution in [0.25, 0.3) is 0 Å². The van der Waals surface area contributed by atoms with Crippen molar-refractivity contribution in [1.29, 1.82) is 0 Å². The molecule has 0 aliphatic heterocycles. The lowest BCUT2D eigenvalue weighted by Crippen LogP contribution is -2.42. The molecule has 106 valence electrons. The largest absolute Gasteiger partial charge is 0.347 e. The Balaban J connectivity index is 1.91. The van der Waals surface area contributed by atoms with Crippen molar-refractivity contribution in [1.82, 2.24) is 25.6 Å². The average Bonchev–Trinajstić information content (AvgIpc) is 3.05. The summed E-state index contributed by atoms with van der Waals surface area (Å²) in [5.41, 5.74) is 6.29. The van der Waals surface area contributed by atoms with Gasteiger partial charge in [-0.15, -0.1) is 0 Å². The highest BCUT2D eigenvalue weighted by atomic mass is 16.2. The Bertz CT molecular complexity index is 614. The van der Waals surface area contributed by atoms with Gasteiger partial charge in [0, 0.05) is 18.9 Å². The smallest absolute Gasteiger partial charge is 0.290 e. The summed E-state index contributed by atoms with van der Waals surface area (Å²) in [5, 5.41) is 6.68. The van der Waals surface area contributed by atoms with Gasteiger partial charge in [0.25, 0.3) is 11.8 Å². The van der Waals surface area contributed by atoms with Crippen LogP contribution in [0.2, 0.25) is 0 Å². The molecule has 0 fully saturated rings. The topological polar surface area (TPSA) is 91.8 Å². The van der Waals surface area contributed by atoms with E-state index in [0.29, 0.717) is 5.69 Å². The molecule has 0 bridgehead atoms. The highest BCUT2D eigenvalue weighted by Gasteiger charge is 2.13. The summed E-state index contributed by atoms with van der Waals surface area (Å²) < 4.78 is 1.66. The molecule has 0 aliphatic carbocycles. The van der Waals surface area contributed by atoms with E-state index in [4.69, 9.17) is 0 Å². The van der Waals surface area contributed by atoms with Gasteiger partial charge in [0.05, 0.1) is 0 Å². The first kappa shape index (κ1) is 13.9. The standard InChI is InChI=1S/C13H17N5O2/c1-3-5-9-8-10(15-14-9)12(19)16-17-13(20)11-6-4-7-18(11)2/h4,6-8H,3,5H2,1-2H3,(H,14,15)(H,16,19)(H,17,20). The normalized spacial score (nSPS) is 10.3. The molecule has 2 aromatic heterocycles. The molecular formula is C13H17N5O2. The number of carbonyl (C=O) groups excluding carboxylic acids is 2. The summed E-state index contributed by atoms with van der Waals surface area (Å²) in [6.45, 7) is 2.04. The lowest BCUT2D eigenvalue weighted by atomic mass is 10.2. The second-order valence-corrected chi connectivity index (χ2v) is 4.44. The Hall–Kier alpha value is -2.57. The van der Waals surface area contributed by atoms with Crippen LogP contribution in [0.15, 0.2) is 24.4 Å². The third-order valence-electron chi connectivity index (χ3n) is 2.85. The number of nitrogens with one attached hydrogen (secondary N) is 3. The van der Waals surface area contributed by atoms with Crippen molar-refractivity contribution in [3.63, 3.8) is 0 Å². The number of hydrazine groups is 1. The molecule has 7 nitrogen and oxygen atoms in total. The van der Waals surface area contributed by atoms with E-state index in [9.17, 15) is 9.59 Å². The van der Waals surface area contributed by atoms with Crippen LogP contribution in [0.5, 0.6) is 0 Å². The van der Waals surface area contributed by atoms with Gasteiger partial charge < -0.3 is 4.57 Å². The molecule has 2 aromatic rings. The molecule has 0 saturated carbocycles. The molecule has 0 saturated heterocycles. The monoisotopic (exact) mass is 275 g/mol. The van der Waals surface area contributed by atoms with Crippen LogP contribution in [0, 0.1) is 0 Å². The van der Waals surface area contributed by atoms with Gasteiger partial charge in [-0.25, -0.2) is 0 Å². The highest BCUT2D eigenvalue weighted by molar-refractivity contribution is 5.97. The Morgan fingerprint density at radius 1 is 1.35 bits per heavy atom. The predicted octanol–water partition coefficient (Wildman–Crippen LogP) is 0.776. The molecule has 20 heavy (non-hydrogen) atoms. The first-order valence-corrected chi connectivity index (χ1v) is 6.38. The second kappa shape index (κ2) is 6.05. The van der Waals surface area contributed by atoms with Crippen molar-refractivity contribution in [2.45, 2.75) is 19.8 Å². The lowest BCUT2D eigenvalue weighted by Gasteiger charge is -2.06. The summed E-state index contributed by atoms with van der Waals surface area (Å²) in [6.07, 6.45) is 3.55. The summed E-state index contributed by atoms with van der Waals surface area (Å²) >= 11 is 0.